The van der Waals surface area contributed by atoms with Crippen molar-refractivity contribution in [2.75, 3.05) is 0 Å². The highest BCUT2D eigenvalue weighted by atomic mass is 16.2. The van der Waals surface area contributed by atoms with Crippen molar-refractivity contribution >= 4 is 5.91 Å². The number of rotatable bonds is 2. The van der Waals surface area contributed by atoms with E-state index >= 15 is 0 Å². The van der Waals surface area contributed by atoms with Gasteiger partial charge in [0, 0.05) is 19.0 Å². The molecule has 0 spiro atoms. The van der Waals surface area contributed by atoms with Crippen molar-refractivity contribution in [2.24, 2.45) is 5.92 Å². The molecule has 1 saturated carbocycles. The first kappa shape index (κ1) is 11.7. The van der Waals surface area contributed by atoms with Crippen LogP contribution in [-0.2, 0) is 17.8 Å². The zero-order valence-electron chi connectivity index (χ0n) is 10.7. The number of hydrogen-bond donors (Lipinski definition) is 3. The summed E-state index contributed by atoms with van der Waals surface area (Å²) in [5, 5.41) is 6.43. The predicted octanol–water partition coefficient (Wildman–Crippen LogP) is 0.729. The SMILES string of the molecule is CC1CCC(NC(=O)C2Cc3nc[nH]c3CN2)C1. The third-order valence-electron chi connectivity index (χ3n) is 4.09. The van der Waals surface area contributed by atoms with Gasteiger partial charge in [0.25, 0.3) is 0 Å². The molecular formula is C13H20N4O. The number of amides is 1. The van der Waals surface area contributed by atoms with Crippen molar-refractivity contribution in [3.05, 3.63) is 17.7 Å². The Balaban J connectivity index is 1.58. The molecule has 5 nitrogen and oxygen atoms in total. The number of carbonyl (C=O) groups is 1. The van der Waals surface area contributed by atoms with Crippen molar-refractivity contribution in [2.45, 2.75) is 51.2 Å². The van der Waals surface area contributed by atoms with Crippen LogP contribution >= 0.6 is 0 Å². The molecule has 0 saturated heterocycles. The second kappa shape index (κ2) is 4.72. The van der Waals surface area contributed by atoms with E-state index in [9.17, 15) is 4.79 Å². The lowest BCUT2D eigenvalue weighted by atomic mass is 10.0. The number of imidazole rings is 1. The van der Waals surface area contributed by atoms with E-state index in [1.165, 1.54) is 6.42 Å². The van der Waals surface area contributed by atoms with Gasteiger partial charge >= 0.3 is 0 Å². The van der Waals surface area contributed by atoms with Gasteiger partial charge in [-0.3, -0.25) is 10.1 Å². The third kappa shape index (κ3) is 2.27. The highest BCUT2D eigenvalue weighted by Crippen LogP contribution is 2.24. The molecule has 18 heavy (non-hydrogen) atoms. The average Bonchev–Trinajstić information content (AvgIpc) is 2.96. The Labute approximate surface area is 107 Å². The number of hydrogen-bond acceptors (Lipinski definition) is 3. The van der Waals surface area contributed by atoms with Crippen molar-refractivity contribution in [3.8, 4) is 0 Å². The molecule has 1 aliphatic heterocycles. The van der Waals surface area contributed by atoms with E-state index in [1.54, 1.807) is 6.33 Å². The van der Waals surface area contributed by atoms with E-state index in [4.69, 9.17) is 0 Å². The van der Waals surface area contributed by atoms with Gasteiger partial charge in [-0.05, 0) is 25.2 Å². The van der Waals surface area contributed by atoms with Crippen molar-refractivity contribution in [1.29, 1.82) is 0 Å². The van der Waals surface area contributed by atoms with Crippen LogP contribution in [0, 0.1) is 5.92 Å². The molecule has 98 valence electrons. The predicted molar refractivity (Wildman–Crippen MR) is 67.9 cm³/mol. The number of carbonyl (C=O) groups excluding carboxylic acids is 1. The van der Waals surface area contributed by atoms with Crippen molar-refractivity contribution in [3.63, 3.8) is 0 Å². The maximum atomic E-state index is 12.2. The molecule has 1 amide bonds. The molecule has 1 aliphatic carbocycles. The molecule has 2 heterocycles. The summed E-state index contributed by atoms with van der Waals surface area (Å²) in [6, 6.07) is 0.242. The lowest BCUT2D eigenvalue weighted by Crippen LogP contribution is -2.50. The first-order valence-electron chi connectivity index (χ1n) is 6.77. The summed E-state index contributed by atoms with van der Waals surface area (Å²) in [5.41, 5.74) is 2.13. The minimum atomic E-state index is -0.128. The number of aromatic amines is 1. The Morgan fingerprint density at radius 2 is 2.39 bits per heavy atom. The molecule has 1 fully saturated rings. The second-order valence-electron chi connectivity index (χ2n) is 5.59. The van der Waals surface area contributed by atoms with E-state index in [1.807, 2.05) is 0 Å². The van der Waals surface area contributed by atoms with Crippen LogP contribution in [0.15, 0.2) is 6.33 Å². The van der Waals surface area contributed by atoms with E-state index in [-0.39, 0.29) is 11.9 Å². The monoisotopic (exact) mass is 248 g/mol. The highest BCUT2D eigenvalue weighted by molar-refractivity contribution is 5.82. The van der Waals surface area contributed by atoms with Crippen LogP contribution in [0.4, 0.5) is 0 Å². The molecule has 2 aliphatic rings. The lowest BCUT2D eigenvalue weighted by Gasteiger charge is -2.24. The summed E-state index contributed by atoms with van der Waals surface area (Å²) in [6.45, 7) is 2.95. The zero-order valence-corrected chi connectivity index (χ0v) is 10.7. The van der Waals surface area contributed by atoms with Crippen LogP contribution < -0.4 is 10.6 Å². The van der Waals surface area contributed by atoms with Gasteiger partial charge in [0.2, 0.25) is 5.91 Å². The molecule has 0 aromatic carbocycles. The fraction of sp³-hybridized carbons (Fsp3) is 0.692. The first-order chi connectivity index (χ1) is 8.72. The summed E-state index contributed by atoms with van der Waals surface area (Å²) >= 11 is 0. The molecule has 3 atom stereocenters. The van der Waals surface area contributed by atoms with Gasteiger partial charge in [-0.2, -0.15) is 0 Å². The first-order valence-corrected chi connectivity index (χ1v) is 6.77. The van der Waals surface area contributed by atoms with Crippen molar-refractivity contribution in [1.82, 2.24) is 20.6 Å². The van der Waals surface area contributed by atoms with E-state index in [2.05, 4.69) is 27.5 Å². The van der Waals surface area contributed by atoms with E-state index in [0.717, 1.165) is 30.1 Å². The molecule has 5 heteroatoms. The van der Waals surface area contributed by atoms with Crippen LogP contribution in [0.1, 0.15) is 37.6 Å². The number of nitrogens with one attached hydrogen (secondary N) is 3. The van der Waals surface area contributed by atoms with Gasteiger partial charge in [0.05, 0.1) is 23.8 Å². The molecule has 3 N–H and O–H groups in total. The molecule has 0 bridgehead atoms. The van der Waals surface area contributed by atoms with Gasteiger partial charge in [-0.15, -0.1) is 0 Å². The second-order valence-corrected chi connectivity index (χ2v) is 5.59. The Kier molecular flexibility index (Phi) is 3.07. The van der Waals surface area contributed by atoms with Gasteiger partial charge < -0.3 is 10.3 Å². The highest BCUT2D eigenvalue weighted by Gasteiger charge is 2.29. The molecule has 1 aromatic heterocycles. The fourth-order valence-electron chi connectivity index (χ4n) is 2.99. The molecule has 1 aromatic rings. The topological polar surface area (TPSA) is 69.8 Å². The Morgan fingerprint density at radius 1 is 1.50 bits per heavy atom. The van der Waals surface area contributed by atoms with E-state index in [0.29, 0.717) is 19.0 Å². The summed E-state index contributed by atoms with van der Waals surface area (Å²) in [5.74, 6) is 0.871. The summed E-state index contributed by atoms with van der Waals surface area (Å²) in [4.78, 5) is 19.5. The number of nitrogens with zero attached hydrogens (tertiary/aromatic N) is 1. The largest absolute Gasteiger partial charge is 0.352 e. The standard InChI is InChI=1S/C13H20N4O/c1-8-2-3-9(4-8)17-13(18)11-5-10-12(6-14-11)16-7-15-10/h7-9,11,14H,2-6H2,1H3,(H,15,16)(H,17,18). The van der Waals surface area contributed by atoms with Crippen molar-refractivity contribution < 1.29 is 4.79 Å². The van der Waals surface area contributed by atoms with Gasteiger partial charge in [0.1, 0.15) is 0 Å². The number of aromatic nitrogens is 2. The fourth-order valence-corrected chi connectivity index (χ4v) is 2.99. The lowest BCUT2D eigenvalue weighted by molar-refractivity contribution is -0.124. The van der Waals surface area contributed by atoms with Crippen LogP contribution in [0.5, 0.6) is 0 Å². The minimum Gasteiger partial charge on any atom is -0.352 e. The smallest absolute Gasteiger partial charge is 0.237 e. The van der Waals surface area contributed by atoms with Gasteiger partial charge in [0.15, 0.2) is 0 Å². The third-order valence-corrected chi connectivity index (χ3v) is 4.09. The molecular weight excluding hydrogens is 228 g/mol. The van der Waals surface area contributed by atoms with Crippen LogP contribution in [-0.4, -0.2) is 28.0 Å². The number of H-pyrrole nitrogens is 1. The summed E-state index contributed by atoms with van der Waals surface area (Å²) in [7, 11) is 0. The maximum absolute atomic E-state index is 12.2. The summed E-state index contributed by atoms with van der Waals surface area (Å²) in [6.07, 6.45) is 5.85. The molecule has 3 unspecified atom stereocenters. The molecule has 0 radical (unpaired) electrons. The Bertz CT molecular complexity index is 442. The Hall–Kier alpha value is -1.36. The zero-order chi connectivity index (χ0) is 12.5. The van der Waals surface area contributed by atoms with E-state index < -0.39 is 0 Å². The minimum absolute atomic E-state index is 0.128. The van der Waals surface area contributed by atoms with Crippen LogP contribution in [0.25, 0.3) is 0 Å². The summed E-state index contributed by atoms with van der Waals surface area (Å²) < 4.78 is 0. The average molecular weight is 248 g/mol. The number of fused-ring (bicyclic) bond motifs is 1. The van der Waals surface area contributed by atoms with Gasteiger partial charge in [-0.1, -0.05) is 6.92 Å². The Morgan fingerprint density at radius 3 is 3.17 bits per heavy atom. The molecule has 3 rings (SSSR count). The maximum Gasteiger partial charge on any atom is 0.237 e. The quantitative estimate of drug-likeness (QED) is 0.722. The normalized spacial score (nSPS) is 31.1. The van der Waals surface area contributed by atoms with Crippen LogP contribution in [0.3, 0.4) is 0 Å². The van der Waals surface area contributed by atoms with Gasteiger partial charge in [-0.25, -0.2) is 4.98 Å². The van der Waals surface area contributed by atoms with Crippen LogP contribution in [0.2, 0.25) is 0 Å².